The summed E-state index contributed by atoms with van der Waals surface area (Å²) in [5, 5.41) is 7.43. The van der Waals surface area contributed by atoms with Crippen LogP contribution >= 0.6 is 11.3 Å². The number of nitrogens with zero attached hydrogens (tertiary/aromatic N) is 2. The lowest BCUT2D eigenvalue weighted by molar-refractivity contribution is 0.249. The van der Waals surface area contributed by atoms with E-state index in [1.165, 1.54) is 26.6 Å². The zero-order valence-corrected chi connectivity index (χ0v) is 19.0. The molecule has 3 aromatic rings. The molecule has 2 amide bonds. The Morgan fingerprint density at radius 2 is 1.97 bits per heavy atom. The molecule has 1 atom stereocenters. The van der Waals surface area contributed by atoms with Crippen molar-refractivity contribution in [1.82, 2.24) is 14.8 Å². The van der Waals surface area contributed by atoms with Crippen LogP contribution in [-0.2, 0) is 13.0 Å². The molecule has 2 aromatic heterocycles. The quantitative estimate of drug-likeness (QED) is 0.577. The first kappa shape index (κ1) is 20.7. The number of carbonyl (C=O) groups is 1. The fourth-order valence-corrected chi connectivity index (χ4v) is 5.61. The van der Waals surface area contributed by atoms with Gasteiger partial charge in [-0.3, -0.25) is 4.90 Å². The molecule has 0 radical (unpaired) electrons. The van der Waals surface area contributed by atoms with Gasteiger partial charge in [-0.25, -0.2) is 4.79 Å². The van der Waals surface area contributed by atoms with Gasteiger partial charge in [0, 0.05) is 41.6 Å². The maximum atomic E-state index is 12.8. The molecule has 0 spiro atoms. The van der Waals surface area contributed by atoms with Crippen molar-refractivity contribution in [2.45, 2.75) is 46.7 Å². The number of urea groups is 1. The van der Waals surface area contributed by atoms with Gasteiger partial charge in [0.15, 0.2) is 0 Å². The van der Waals surface area contributed by atoms with Crippen molar-refractivity contribution in [2.75, 3.05) is 18.4 Å². The molecular weight excluding hydrogens is 392 g/mol. The minimum Gasteiger partial charge on any atom is -0.331 e. The summed E-state index contributed by atoms with van der Waals surface area (Å²) < 4.78 is 2.18. The van der Waals surface area contributed by atoms with Gasteiger partial charge >= 0.3 is 6.03 Å². The molecular formula is C24H30N4OS. The van der Waals surface area contributed by atoms with Crippen molar-refractivity contribution in [2.24, 2.45) is 0 Å². The highest BCUT2D eigenvalue weighted by molar-refractivity contribution is 7.15. The van der Waals surface area contributed by atoms with E-state index in [1.807, 2.05) is 42.5 Å². The van der Waals surface area contributed by atoms with E-state index >= 15 is 0 Å². The van der Waals surface area contributed by atoms with Crippen LogP contribution in [0, 0.1) is 13.8 Å². The molecule has 0 aliphatic carbocycles. The maximum Gasteiger partial charge on any atom is 0.319 e. The second-order valence-corrected chi connectivity index (χ2v) is 9.08. The predicted octanol–water partition coefficient (Wildman–Crippen LogP) is 5.42. The number of aryl methyl sites for hydroxylation is 1. The van der Waals surface area contributed by atoms with Crippen LogP contribution in [0.15, 0.2) is 42.7 Å². The van der Waals surface area contributed by atoms with Gasteiger partial charge in [0.1, 0.15) is 5.00 Å². The Morgan fingerprint density at radius 3 is 2.70 bits per heavy atom. The van der Waals surface area contributed by atoms with E-state index in [9.17, 15) is 4.79 Å². The van der Waals surface area contributed by atoms with Gasteiger partial charge in [-0.15, -0.1) is 11.3 Å². The van der Waals surface area contributed by atoms with Crippen molar-refractivity contribution in [1.29, 1.82) is 0 Å². The second kappa shape index (κ2) is 8.66. The fraction of sp³-hybridized carbons (Fsp3) is 0.375. The van der Waals surface area contributed by atoms with Crippen LogP contribution in [0.1, 0.15) is 47.0 Å². The lowest BCUT2D eigenvalue weighted by atomic mass is 9.98. The highest BCUT2D eigenvalue weighted by atomic mass is 32.1. The summed E-state index contributed by atoms with van der Waals surface area (Å²) >= 11 is 1.85. The molecule has 2 N–H and O–H groups in total. The molecule has 1 aliphatic rings. The molecule has 1 aliphatic heterocycles. The van der Waals surface area contributed by atoms with Crippen molar-refractivity contribution >= 4 is 23.1 Å². The molecule has 0 saturated heterocycles. The van der Waals surface area contributed by atoms with Crippen LogP contribution in [0.3, 0.4) is 0 Å². The number of amides is 2. The summed E-state index contributed by atoms with van der Waals surface area (Å²) in [5.74, 6) is 0. The van der Waals surface area contributed by atoms with Crippen LogP contribution in [0.25, 0.3) is 5.00 Å². The molecule has 4 rings (SSSR count). The Hall–Kier alpha value is -2.57. The largest absolute Gasteiger partial charge is 0.331 e. The summed E-state index contributed by atoms with van der Waals surface area (Å²) in [6, 6.07) is 9.82. The summed E-state index contributed by atoms with van der Waals surface area (Å²) in [5.41, 5.74) is 5.78. The Morgan fingerprint density at radius 1 is 1.20 bits per heavy atom. The molecule has 0 fully saturated rings. The third-order valence-corrected chi connectivity index (χ3v) is 7.32. The molecule has 30 heavy (non-hydrogen) atoms. The fourth-order valence-electron chi connectivity index (χ4n) is 4.16. The number of aromatic nitrogens is 1. The molecule has 6 heteroatoms. The Balaban J connectivity index is 1.60. The number of thiophene rings is 1. The topological polar surface area (TPSA) is 49.3 Å². The third kappa shape index (κ3) is 4.02. The molecule has 1 aromatic carbocycles. The average molecular weight is 423 g/mol. The number of likely N-dealkylation sites (N-methyl/N-ethyl adjacent to an activating group) is 1. The molecule has 0 bridgehead atoms. The number of rotatable bonds is 5. The molecule has 0 unspecified atom stereocenters. The van der Waals surface area contributed by atoms with E-state index < -0.39 is 0 Å². The summed E-state index contributed by atoms with van der Waals surface area (Å²) in [7, 11) is 0. The first-order valence-electron chi connectivity index (χ1n) is 10.6. The van der Waals surface area contributed by atoms with Gasteiger partial charge in [-0.2, -0.15) is 0 Å². The lowest BCUT2D eigenvalue weighted by Crippen LogP contribution is -2.33. The smallest absolute Gasteiger partial charge is 0.319 e. The van der Waals surface area contributed by atoms with E-state index in [1.54, 1.807) is 0 Å². The van der Waals surface area contributed by atoms with Crippen LogP contribution in [0.2, 0.25) is 0 Å². The number of anilines is 1. The zero-order valence-electron chi connectivity index (χ0n) is 18.2. The zero-order chi connectivity index (χ0) is 21.3. The van der Waals surface area contributed by atoms with Crippen molar-refractivity contribution in [3.63, 3.8) is 0 Å². The Kier molecular flexibility index (Phi) is 5.97. The summed E-state index contributed by atoms with van der Waals surface area (Å²) in [4.78, 5) is 16.7. The maximum absolute atomic E-state index is 12.8. The first-order valence-corrected chi connectivity index (χ1v) is 11.4. The Labute approximate surface area is 182 Å². The van der Waals surface area contributed by atoms with Gasteiger partial charge in [-0.05, 0) is 68.6 Å². The van der Waals surface area contributed by atoms with Gasteiger partial charge in [0.25, 0.3) is 0 Å². The van der Waals surface area contributed by atoms with E-state index in [4.69, 9.17) is 0 Å². The van der Waals surface area contributed by atoms with Gasteiger partial charge < -0.3 is 15.2 Å². The van der Waals surface area contributed by atoms with Gasteiger partial charge in [-0.1, -0.05) is 19.1 Å². The van der Waals surface area contributed by atoms with Gasteiger partial charge in [0.05, 0.1) is 6.04 Å². The van der Waals surface area contributed by atoms with Crippen molar-refractivity contribution in [3.05, 3.63) is 69.9 Å². The van der Waals surface area contributed by atoms with Crippen LogP contribution < -0.4 is 10.6 Å². The number of hydrogen-bond donors (Lipinski definition) is 2. The van der Waals surface area contributed by atoms with E-state index in [0.29, 0.717) is 0 Å². The number of nitrogens with one attached hydrogen (secondary N) is 2. The Bertz CT molecular complexity index is 1040. The van der Waals surface area contributed by atoms with Crippen molar-refractivity contribution in [3.8, 4) is 5.00 Å². The van der Waals surface area contributed by atoms with Crippen molar-refractivity contribution < 1.29 is 4.79 Å². The van der Waals surface area contributed by atoms with E-state index in [-0.39, 0.29) is 12.1 Å². The monoisotopic (exact) mass is 422 g/mol. The molecule has 3 heterocycles. The summed E-state index contributed by atoms with van der Waals surface area (Å²) in [6.07, 6.45) is 5.20. The van der Waals surface area contributed by atoms with Crippen LogP contribution in [0.5, 0.6) is 0 Å². The second-order valence-electron chi connectivity index (χ2n) is 8.00. The highest BCUT2D eigenvalue weighted by Gasteiger charge is 2.28. The van der Waals surface area contributed by atoms with Gasteiger partial charge in [0.2, 0.25) is 0 Å². The SMILES string of the molecule is CCN1CCc2c(sc(-n3cccc3)c2[C@H](C)NC(=O)Nc2cccc(C)c2C)C1. The predicted molar refractivity (Wildman–Crippen MR) is 125 cm³/mol. The van der Waals surface area contributed by atoms with Crippen LogP contribution in [-0.4, -0.2) is 28.6 Å². The standard InChI is InChI=1S/C24H30N4OS/c1-5-27-14-11-19-21(15-27)30-23(28-12-6-7-13-28)22(19)18(4)25-24(29)26-20-10-8-9-16(2)17(20)3/h6-10,12-13,18H,5,11,14-15H2,1-4H3,(H2,25,26,29)/t18-/m0/s1. The molecule has 158 valence electrons. The number of hydrogen-bond acceptors (Lipinski definition) is 3. The molecule has 0 saturated carbocycles. The molecule has 5 nitrogen and oxygen atoms in total. The van der Waals surface area contributed by atoms with E-state index in [2.05, 4.69) is 59.3 Å². The highest BCUT2D eigenvalue weighted by Crippen LogP contribution is 2.39. The minimum atomic E-state index is -0.166. The normalized spacial score (nSPS) is 14.9. The third-order valence-electron chi connectivity index (χ3n) is 6.08. The average Bonchev–Trinajstić information content (AvgIpc) is 3.38. The minimum absolute atomic E-state index is 0.0827. The lowest BCUT2D eigenvalue weighted by Gasteiger charge is -2.27. The number of fused-ring (bicyclic) bond motifs is 1. The van der Waals surface area contributed by atoms with E-state index in [0.717, 1.165) is 37.3 Å². The number of benzene rings is 1. The first-order chi connectivity index (χ1) is 14.5. The summed E-state index contributed by atoms with van der Waals surface area (Å²) in [6.45, 7) is 11.5. The van der Waals surface area contributed by atoms with Crippen LogP contribution in [0.4, 0.5) is 10.5 Å². The number of carbonyl (C=O) groups excluding carboxylic acids is 1.